The molecule has 2 aromatic carbocycles. The smallest absolute Gasteiger partial charge is 0.310 e. The van der Waals surface area contributed by atoms with E-state index in [1.165, 1.54) is 40.2 Å². The van der Waals surface area contributed by atoms with E-state index in [1.807, 2.05) is 13.8 Å². The lowest BCUT2D eigenvalue weighted by Gasteiger charge is -2.17. The first-order valence-electron chi connectivity index (χ1n) is 10.3. The van der Waals surface area contributed by atoms with E-state index in [9.17, 15) is 9.18 Å². The summed E-state index contributed by atoms with van der Waals surface area (Å²) in [6, 6.07) is 5.08. The maximum Gasteiger partial charge on any atom is 0.310 e. The predicted molar refractivity (Wildman–Crippen MR) is 146 cm³/mol. The van der Waals surface area contributed by atoms with Gasteiger partial charge in [0.15, 0.2) is 5.75 Å². The molecule has 5 aromatic rings. The number of benzene rings is 2. The molecule has 184 valence electrons. The maximum absolute atomic E-state index is 13.9. The number of ether oxygens (including phenoxy) is 1. The van der Waals surface area contributed by atoms with E-state index in [-0.39, 0.29) is 36.9 Å². The van der Waals surface area contributed by atoms with Crippen molar-refractivity contribution in [2.24, 2.45) is 0 Å². The van der Waals surface area contributed by atoms with Crippen molar-refractivity contribution < 1.29 is 9.13 Å². The molecule has 0 fully saturated rings. The zero-order valence-corrected chi connectivity index (χ0v) is 23.2. The van der Waals surface area contributed by atoms with Crippen molar-refractivity contribution in [1.29, 1.82) is 0 Å². The van der Waals surface area contributed by atoms with Gasteiger partial charge in [0.1, 0.15) is 20.7 Å². The Balaban J connectivity index is 1.92. The van der Waals surface area contributed by atoms with Crippen LogP contribution in [-0.2, 0) is 0 Å². The first-order chi connectivity index (χ1) is 17.0. The van der Waals surface area contributed by atoms with Gasteiger partial charge in [0.25, 0.3) is 5.56 Å². The topological polar surface area (TPSA) is 57.0 Å². The minimum Gasteiger partial charge on any atom is -0.422 e. The molecule has 5 rings (SSSR count). The Labute approximate surface area is 232 Å². The molecular formula is C24H13Cl5FN3O2S. The molecule has 0 aliphatic carbocycles. The summed E-state index contributed by atoms with van der Waals surface area (Å²) in [5.74, 6) is -0.616. The van der Waals surface area contributed by atoms with Gasteiger partial charge in [-0.25, -0.2) is 13.9 Å². The van der Waals surface area contributed by atoms with E-state index >= 15 is 0 Å². The second kappa shape index (κ2) is 9.31. The molecular weight excluding hydrogens is 591 g/mol. The van der Waals surface area contributed by atoms with Crippen LogP contribution in [0.5, 0.6) is 11.8 Å². The fourth-order valence-corrected chi connectivity index (χ4v) is 6.11. The van der Waals surface area contributed by atoms with Crippen LogP contribution in [0.15, 0.2) is 29.1 Å². The van der Waals surface area contributed by atoms with Gasteiger partial charge in [0.05, 0.1) is 37.4 Å². The molecule has 0 spiro atoms. The summed E-state index contributed by atoms with van der Waals surface area (Å²) in [7, 11) is 0. The van der Waals surface area contributed by atoms with Crippen LogP contribution in [0.1, 0.15) is 16.1 Å². The highest BCUT2D eigenvalue weighted by atomic mass is 35.5. The van der Waals surface area contributed by atoms with E-state index in [0.29, 0.717) is 22.3 Å². The van der Waals surface area contributed by atoms with Crippen molar-refractivity contribution >= 4 is 90.5 Å². The minimum atomic E-state index is -0.478. The summed E-state index contributed by atoms with van der Waals surface area (Å²) < 4.78 is 20.9. The molecule has 0 radical (unpaired) electrons. The van der Waals surface area contributed by atoms with Crippen LogP contribution >= 0.6 is 69.3 Å². The minimum absolute atomic E-state index is 0.0455. The van der Waals surface area contributed by atoms with E-state index in [1.54, 1.807) is 6.92 Å². The highest BCUT2D eigenvalue weighted by Crippen LogP contribution is 2.49. The molecule has 0 aliphatic rings. The van der Waals surface area contributed by atoms with Gasteiger partial charge in [0, 0.05) is 10.3 Å². The Kier molecular flexibility index (Phi) is 6.60. The highest BCUT2D eigenvalue weighted by Gasteiger charge is 2.26. The average molecular weight is 604 g/mol. The summed E-state index contributed by atoms with van der Waals surface area (Å²) in [6.45, 7) is 5.64. The third-order valence-corrected chi connectivity index (χ3v) is 9.08. The molecule has 3 aromatic heterocycles. The molecule has 5 nitrogen and oxygen atoms in total. The van der Waals surface area contributed by atoms with Crippen LogP contribution in [0.25, 0.3) is 26.8 Å². The van der Waals surface area contributed by atoms with Crippen LogP contribution in [0, 0.1) is 26.6 Å². The third kappa shape index (κ3) is 3.93. The number of aryl methyl sites for hydroxylation is 3. The molecule has 3 heterocycles. The SMILES string of the molecule is Cc1sc2nc(C)c3c(=O)n(-c4ccc(F)cc4)c(Oc4c(Cl)c(Cl)c(Cl)c(Cl)c4Cl)nc3c2c1C. The van der Waals surface area contributed by atoms with Gasteiger partial charge in [0.2, 0.25) is 0 Å². The number of aromatic nitrogens is 3. The van der Waals surface area contributed by atoms with Gasteiger partial charge < -0.3 is 4.74 Å². The summed E-state index contributed by atoms with van der Waals surface area (Å²) in [4.78, 5) is 25.1. The summed E-state index contributed by atoms with van der Waals surface area (Å²) in [5.41, 5.74) is 1.65. The number of fused-ring (bicyclic) bond motifs is 3. The number of halogens is 6. The van der Waals surface area contributed by atoms with Gasteiger partial charge in [-0.2, -0.15) is 4.98 Å². The Morgan fingerprint density at radius 1 is 0.861 bits per heavy atom. The summed E-state index contributed by atoms with van der Waals surface area (Å²) in [5, 5.41) is 0.595. The van der Waals surface area contributed by atoms with Crippen LogP contribution in [0.3, 0.4) is 0 Å². The lowest BCUT2D eigenvalue weighted by Crippen LogP contribution is -2.22. The first-order valence-corrected chi connectivity index (χ1v) is 13.0. The fraction of sp³-hybridized carbons (Fsp3) is 0.125. The molecule has 0 saturated heterocycles. The molecule has 0 atom stereocenters. The van der Waals surface area contributed by atoms with E-state index in [0.717, 1.165) is 20.7 Å². The van der Waals surface area contributed by atoms with Crippen molar-refractivity contribution in [1.82, 2.24) is 14.5 Å². The van der Waals surface area contributed by atoms with Crippen molar-refractivity contribution in [2.75, 3.05) is 0 Å². The Hall–Kier alpha value is -2.13. The number of hydrogen-bond donors (Lipinski definition) is 0. The number of pyridine rings is 1. The molecule has 0 amide bonds. The summed E-state index contributed by atoms with van der Waals surface area (Å²) in [6.07, 6.45) is 0. The quantitative estimate of drug-likeness (QED) is 0.152. The molecule has 36 heavy (non-hydrogen) atoms. The van der Waals surface area contributed by atoms with Gasteiger partial charge in [-0.15, -0.1) is 11.3 Å². The zero-order valence-electron chi connectivity index (χ0n) is 18.6. The maximum atomic E-state index is 13.9. The van der Waals surface area contributed by atoms with Gasteiger partial charge >= 0.3 is 6.01 Å². The van der Waals surface area contributed by atoms with E-state index in [2.05, 4.69) is 4.98 Å². The standard InChI is InChI=1S/C24H13Cl5FN3O2S/c1-8-10(3)36-22-13(8)20-14(9(2)31-22)23(34)33(12-6-4-11(30)5-7-12)24(32-20)35-21-18(28)16(26)15(25)17(27)19(21)29/h4-7H,1-3H3. The van der Waals surface area contributed by atoms with Crippen LogP contribution in [0.4, 0.5) is 4.39 Å². The molecule has 12 heteroatoms. The number of nitrogens with zero attached hydrogens (tertiary/aromatic N) is 3. The number of hydrogen-bond acceptors (Lipinski definition) is 5. The number of rotatable bonds is 3. The van der Waals surface area contributed by atoms with E-state index < -0.39 is 11.4 Å². The predicted octanol–water partition coefficient (Wildman–Crippen LogP) is 9.12. The van der Waals surface area contributed by atoms with E-state index in [4.69, 9.17) is 67.7 Å². The van der Waals surface area contributed by atoms with Crippen LogP contribution in [-0.4, -0.2) is 14.5 Å². The zero-order chi connectivity index (χ0) is 26.0. The lowest BCUT2D eigenvalue weighted by molar-refractivity contribution is 0.428. The normalized spacial score (nSPS) is 11.6. The lowest BCUT2D eigenvalue weighted by atomic mass is 10.1. The molecule has 0 unspecified atom stereocenters. The van der Waals surface area contributed by atoms with Gasteiger partial charge in [-0.3, -0.25) is 4.79 Å². The summed E-state index contributed by atoms with van der Waals surface area (Å²) >= 11 is 32.9. The Morgan fingerprint density at radius 2 is 1.44 bits per heavy atom. The molecule has 0 N–H and O–H groups in total. The second-order valence-electron chi connectivity index (χ2n) is 7.90. The highest BCUT2D eigenvalue weighted by molar-refractivity contribution is 7.19. The van der Waals surface area contributed by atoms with Crippen LogP contribution in [0.2, 0.25) is 25.1 Å². The van der Waals surface area contributed by atoms with Crippen LogP contribution < -0.4 is 10.3 Å². The monoisotopic (exact) mass is 601 g/mol. The molecule has 0 aliphatic heterocycles. The largest absolute Gasteiger partial charge is 0.422 e. The third-order valence-electron chi connectivity index (χ3n) is 5.73. The molecule has 0 saturated carbocycles. The van der Waals surface area contributed by atoms with Crippen molar-refractivity contribution in [3.05, 3.63) is 81.7 Å². The Bertz CT molecular complexity index is 1760. The fourth-order valence-electron chi connectivity index (χ4n) is 3.84. The Morgan fingerprint density at radius 3 is 2.06 bits per heavy atom. The number of thiophene rings is 1. The van der Waals surface area contributed by atoms with Crippen molar-refractivity contribution in [3.63, 3.8) is 0 Å². The molecule has 0 bridgehead atoms. The first kappa shape index (κ1) is 25.5. The average Bonchev–Trinajstić information content (AvgIpc) is 3.12. The van der Waals surface area contributed by atoms with Gasteiger partial charge in [-0.1, -0.05) is 58.0 Å². The van der Waals surface area contributed by atoms with Crippen molar-refractivity contribution in [3.8, 4) is 17.4 Å². The van der Waals surface area contributed by atoms with Crippen molar-refractivity contribution in [2.45, 2.75) is 20.8 Å². The second-order valence-corrected chi connectivity index (χ2v) is 11.0. The van der Waals surface area contributed by atoms with Gasteiger partial charge in [-0.05, 0) is 50.6 Å².